The van der Waals surface area contributed by atoms with Gasteiger partial charge in [0.2, 0.25) is 0 Å². The van der Waals surface area contributed by atoms with E-state index in [-0.39, 0.29) is 0 Å². The molecule has 1 nitrogen and oxygen atoms in total. The zero-order valence-corrected chi connectivity index (χ0v) is 16.8. The lowest BCUT2D eigenvalue weighted by atomic mass is 10.1. The van der Waals surface area contributed by atoms with E-state index < -0.39 is 0 Å². The maximum atomic E-state index is 6.11. The summed E-state index contributed by atoms with van der Waals surface area (Å²) in [7, 11) is 0.776. The molecule has 0 fully saturated rings. The number of hydrogen-bond donors (Lipinski definition) is 0. The molecule has 3 aromatic carbocycles. The summed E-state index contributed by atoms with van der Waals surface area (Å²) in [5.74, 6) is 0.719. The second-order valence-corrected chi connectivity index (χ2v) is 8.82. The Balaban J connectivity index is 1.94. The average Bonchev–Trinajstić information content (AvgIpc) is 2.69. The minimum Gasteiger partial charge on any atom is -0.369 e. The topological polar surface area (TPSA) is 0 Å². The minimum absolute atomic E-state index is 0.719. The predicted octanol–water partition coefficient (Wildman–Crippen LogP) is 5.68. The normalized spacial score (nSPS) is 11.4. The second kappa shape index (κ2) is 9.72. The highest BCUT2D eigenvalue weighted by atomic mass is 35.5. The van der Waals surface area contributed by atoms with E-state index in [9.17, 15) is 0 Å². The first-order valence-corrected chi connectivity index (χ1v) is 10.8. The van der Waals surface area contributed by atoms with E-state index >= 15 is 0 Å². The first kappa shape index (κ1) is 18.9. The SMILES string of the molecule is ClCC[Si][N+](Cc1ccccc1)(Cc1ccccc1)Cc1ccccc1. The van der Waals surface area contributed by atoms with Gasteiger partial charge >= 0.3 is 9.68 Å². The van der Waals surface area contributed by atoms with E-state index in [1.54, 1.807) is 0 Å². The Morgan fingerprint density at radius 1 is 0.577 bits per heavy atom. The molecule has 26 heavy (non-hydrogen) atoms. The van der Waals surface area contributed by atoms with E-state index in [4.69, 9.17) is 11.6 Å². The fourth-order valence-electron chi connectivity index (χ4n) is 3.41. The molecule has 0 heterocycles. The zero-order chi connectivity index (χ0) is 18.1. The molecule has 0 aliphatic rings. The summed E-state index contributed by atoms with van der Waals surface area (Å²) >= 11 is 6.11. The van der Waals surface area contributed by atoms with Crippen molar-refractivity contribution in [2.45, 2.75) is 25.7 Å². The molecule has 0 aromatic heterocycles. The van der Waals surface area contributed by atoms with Gasteiger partial charge in [0.05, 0.1) is 19.6 Å². The van der Waals surface area contributed by atoms with Crippen molar-refractivity contribution >= 4 is 21.3 Å². The lowest BCUT2D eigenvalue weighted by Gasteiger charge is -2.39. The minimum atomic E-state index is 0.719. The van der Waals surface area contributed by atoms with Gasteiger partial charge in [0.15, 0.2) is 0 Å². The van der Waals surface area contributed by atoms with Gasteiger partial charge in [-0.2, -0.15) is 0 Å². The Labute approximate surface area is 164 Å². The molecular weight excluding hydrogens is 354 g/mol. The van der Waals surface area contributed by atoms with Crippen molar-refractivity contribution in [3.63, 3.8) is 0 Å². The number of halogens is 1. The van der Waals surface area contributed by atoms with Crippen LogP contribution in [0, 0.1) is 0 Å². The average molecular weight is 379 g/mol. The molecule has 0 aliphatic carbocycles. The van der Waals surface area contributed by atoms with Crippen LogP contribution in [0.2, 0.25) is 6.04 Å². The fraction of sp³-hybridized carbons (Fsp3) is 0.217. The summed E-state index contributed by atoms with van der Waals surface area (Å²) in [5, 5.41) is 0. The molecule has 132 valence electrons. The van der Waals surface area contributed by atoms with Crippen LogP contribution in [0.25, 0.3) is 0 Å². The van der Waals surface area contributed by atoms with Crippen LogP contribution in [-0.2, 0) is 19.6 Å². The van der Waals surface area contributed by atoms with Crippen molar-refractivity contribution in [3.8, 4) is 0 Å². The first-order valence-electron chi connectivity index (χ1n) is 9.09. The summed E-state index contributed by atoms with van der Waals surface area (Å²) < 4.78 is 1.02. The largest absolute Gasteiger partial charge is 0.393 e. The van der Waals surface area contributed by atoms with Crippen molar-refractivity contribution in [3.05, 3.63) is 108 Å². The van der Waals surface area contributed by atoms with Gasteiger partial charge in [-0.05, 0) is 0 Å². The summed E-state index contributed by atoms with van der Waals surface area (Å²) in [6, 6.07) is 33.6. The van der Waals surface area contributed by atoms with Gasteiger partial charge in [-0.3, -0.25) is 0 Å². The quantitative estimate of drug-likeness (QED) is 0.332. The third-order valence-electron chi connectivity index (χ3n) is 4.53. The summed E-state index contributed by atoms with van der Waals surface area (Å²) in [6.07, 6.45) is 0. The van der Waals surface area contributed by atoms with E-state index in [1.807, 2.05) is 0 Å². The molecular formula is C23H25ClNSi+. The van der Waals surface area contributed by atoms with Crippen LogP contribution < -0.4 is 0 Å². The number of benzene rings is 3. The van der Waals surface area contributed by atoms with Gasteiger partial charge in [-0.15, -0.1) is 11.6 Å². The Morgan fingerprint density at radius 3 is 1.23 bits per heavy atom. The molecule has 0 aliphatic heterocycles. The molecule has 3 heteroatoms. The van der Waals surface area contributed by atoms with Gasteiger partial charge < -0.3 is 4.15 Å². The number of alkyl halides is 1. The molecule has 0 atom stereocenters. The van der Waals surface area contributed by atoms with E-state index in [0.29, 0.717) is 0 Å². The van der Waals surface area contributed by atoms with Gasteiger partial charge in [-0.1, -0.05) is 91.0 Å². The van der Waals surface area contributed by atoms with Crippen LogP contribution in [0.1, 0.15) is 16.7 Å². The number of nitrogens with zero attached hydrogens (tertiary/aromatic N) is 1. The van der Waals surface area contributed by atoms with Crippen LogP contribution in [0.5, 0.6) is 0 Å². The van der Waals surface area contributed by atoms with Gasteiger partial charge in [-0.25, -0.2) is 0 Å². The number of quaternary nitrogens is 1. The fourth-order valence-corrected chi connectivity index (χ4v) is 5.11. The second-order valence-electron chi connectivity index (χ2n) is 6.67. The Bertz CT molecular complexity index is 661. The molecule has 0 amide bonds. The van der Waals surface area contributed by atoms with E-state index in [1.165, 1.54) is 16.7 Å². The zero-order valence-electron chi connectivity index (χ0n) is 15.0. The van der Waals surface area contributed by atoms with Gasteiger partial charge in [0.25, 0.3) is 0 Å². The highest BCUT2D eigenvalue weighted by Crippen LogP contribution is 2.24. The monoisotopic (exact) mass is 378 g/mol. The molecule has 0 bridgehead atoms. The molecule has 0 N–H and O–H groups in total. The van der Waals surface area contributed by atoms with Gasteiger partial charge in [0.1, 0.15) is 0 Å². The summed E-state index contributed by atoms with van der Waals surface area (Å²) in [4.78, 5) is 0. The first-order chi connectivity index (χ1) is 12.8. The molecule has 0 saturated carbocycles. The molecule has 0 spiro atoms. The van der Waals surface area contributed by atoms with Crippen LogP contribution in [0.4, 0.5) is 0 Å². The highest BCUT2D eigenvalue weighted by molar-refractivity contribution is 6.30. The van der Waals surface area contributed by atoms with Crippen molar-refractivity contribution in [1.82, 2.24) is 0 Å². The Hall–Kier alpha value is -1.87. The Kier molecular flexibility index (Phi) is 7.07. The number of hydrogen-bond acceptors (Lipinski definition) is 0. The van der Waals surface area contributed by atoms with E-state index in [0.717, 1.165) is 45.4 Å². The van der Waals surface area contributed by atoms with Crippen molar-refractivity contribution in [1.29, 1.82) is 0 Å². The third kappa shape index (κ3) is 5.57. The number of rotatable bonds is 9. The third-order valence-corrected chi connectivity index (χ3v) is 6.65. The van der Waals surface area contributed by atoms with Crippen LogP contribution in [-0.4, -0.2) is 19.7 Å². The van der Waals surface area contributed by atoms with Crippen LogP contribution >= 0.6 is 11.6 Å². The smallest absolute Gasteiger partial charge is 0.369 e. The summed E-state index contributed by atoms with van der Waals surface area (Å²) in [6.45, 7) is 3.08. The van der Waals surface area contributed by atoms with Crippen molar-refractivity contribution in [2.24, 2.45) is 0 Å². The molecule has 3 aromatic rings. The standard InChI is InChI=1S/C23H25ClNSi/c24-16-17-26-25(18-21-10-4-1-5-11-21,19-22-12-6-2-7-13-22)20-23-14-8-3-9-15-23/h1-15H,16-20H2/q+1. The van der Waals surface area contributed by atoms with Gasteiger partial charge in [0, 0.05) is 28.6 Å². The lowest BCUT2D eigenvalue weighted by molar-refractivity contribution is -0.863. The predicted molar refractivity (Wildman–Crippen MR) is 112 cm³/mol. The van der Waals surface area contributed by atoms with Crippen molar-refractivity contribution < 1.29 is 4.15 Å². The molecule has 0 unspecified atom stereocenters. The van der Waals surface area contributed by atoms with Crippen LogP contribution in [0.3, 0.4) is 0 Å². The Morgan fingerprint density at radius 2 is 0.923 bits per heavy atom. The highest BCUT2D eigenvalue weighted by Gasteiger charge is 2.30. The molecule has 2 radical (unpaired) electrons. The van der Waals surface area contributed by atoms with Crippen LogP contribution in [0.15, 0.2) is 91.0 Å². The van der Waals surface area contributed by atoms with E-state index in [2.05, 4.69) is 91.0 Å². The summed E-state index contributed by atoms with van der Waals surface area (Å²) in [5.41, 5.74) is 4.17. The molecule has 3 rings (SSSR count). The maximum absolute atomic E-state index is 6.11. The maximum Gasteiger partial charge on any atom is 0.393 e. The lowest BCUT2D eigenvalue weighted by Crippen LogP contribution is -2.48. The molecule has 0 saturated heterocycles. The van der Waals surface area contributed by atoms with Crippen molar-refractivity contribution in [2.75, 3.05) is 5.88 Å².